The summed E-state index contributed by atoms with van der Waals surface area (Å²) in [6.07, 6.45) is 0.344. The minimum Gasteiger partial charge on any atom is -0.497 e. The van der Waals surface area contributed by atoms with Crippen LogP contribution in [0.15, 0.2) is 60.7 Å². The number of piperazine rings is 1. The molecule has 1 N–H and O–H groups in total. The van der Waals surface area contributed by atoms with Crippen LogP contribution < -0.4 is 15.0 Å². The van der Waals surface area contributed by atoms with Crippen molar-refractivity contribution < 1.29 is 14.3 Å². The maximum atomic E-state index is 13.2. The highest BCUT2D eigenvalue weighted by Crippen LogP contribution is 2.22. The number of carbonyl (C=O) groups is 2. The van der Waals surface area contributed by atoms with Gasteiger partial charge in [0, 0.05) is 44.4 Å². The lowest BCUT2D eigenvalue weighted by Crippen LogP contribution is -2.48. The van der Waals surface area contributed by atoms with Gasteiger partial charge in [0.25, 0.3) is 5.91 Å². The van der Waals surface area contributed by atoms with Gasteiger partial charge in [-0.25, -0.2) is 4.68 Å². The van der Waals surface area contributed by atoms with Gasteiger partial charge in [-0.1, -0.05) is 25.1 Å². The van der Waals surface area contributed by atoms with Crippen molar-refractivity contribution in [3.05, 3.63) is 66.4 Å². The van der Waals surface area contributed by atoms with Gasteiger partial charge in [-0.05, 0) is 36.4 Å². The maximum Gasteiger partial charge on any atom is 0.274 e. The average molecular weight is 434 g/mol. The summed E-state index contributed by atoms with van der Waals surface area (Å²) in [4.78, 5) is 29.2. The van der Waals surface area contributed by atoms with E-state index in [1.165, 1.54) is 0 Å². The van der Waals surface area contributed by atoms with Crippen molar-refractivity contribution in [2.75, 3.05) is 43.5 Å². The summed E-state index contributed by atoms with van der Waals surface area (Å²) in [6, 6.07) is 19.0. The van der Waals surface area contributed by atoms with Crippen molar-refractivity contribution in [1.82, 2.24) is 14.7 Å². The standard InChI is InChI=1S/C24H27N5O3/c1-3-23(30)25-22-17-21(26-29(22)19-7-5-4-6-8-19)24(31)28-15-13-27(14-16-28)18-9-11-20(32-2)12-10-18/h4-12,17H,3,13-16H2,1-2H3,(H,25,30). The number of anilines is 2. The smallest absolute Gasteiger partial charge is 0.274 e. The fourth-order valence-corrected chi connectivity index (χ4v) is 3.69. The fourth-order valence-electron chi connectivity index (χ4n) is 3.69. The zero-order valence-corrected chi connectivity index (χ0v) is 18.3. The first-order valence-electron chi connectivity index (χ1n) is 10.7. The van der Waals surface area contributed by atoms with E-state index in [1.807, 2.05) is 59.5 Å². The van der Waals surface area contributed by atoms with E-state index in [2.05, 4.69) is 15.3 Å². The van der Waals surface area contributed by atoms with Crippen molar-refractivity contribution in [1.29, 1.82) is 0 Å². The Bertz CT molecular complexity index is 1070. The van der Waals surface area contributed by atoms with Crippen molar-refractivity contribution in [3.63, 3.8) is 0 Å². The summed E-state index contributed by atoms with van der Waals surface area (Å²) in [7, 11) is 1.65. The fraction of sp³-hybridized carbons (Fsp3) is 0.292. The Morgan fingerprint density at radius 2 is 1.66 bits per heavy atom. The normalized spacial score (nSPS) is 13.7. The molecule has 1 aliphatic heterocycles. The Kier molecular flexibility index (Phi) is 6.39. The molecule has 2 amide bonds. The minimum absolute atomic E-state index is 0.130. The molecule has 8 nitrogen and oxygen atoms in total. The third kappa shape index (κ3) is 4.59. The Hall–Kier alpha value is -3.81. The van der Waals surface area contributed by atoms with Gasteiger partial charge in [0.05, 0.1) is 12.8 Å². The SMILES string of the molecule is CCC(=O)Nc1cc(C(=O)N2CCN(c3ccc(OC)cc3)CC2)nn1-c1ccccc1. The van der Waals surface area contributed by atoms with Crippen molar-refractivity contribution >= 4 is 23.3 Å². The molecule has 0 radical (unpaired) electrons. The lowest BCUT2D eigenvalue weighted by atomic mass is 10.2. The van der Waals surface area contributed by atoms with Gasteiger partial charge < -0.3 is 19.9 Å². The molecule has 166 valence electrons. The molecule has 1 saturated heterocycles. The van der Waals surface area contributed by atoms with Gasteiger partial charge in [-0.2, -0.15) is 5.10 Å². The number of benzene rings is 2. The van der Waals surface area contributed by atoms with E-state index in [9.17, 15) is 9.59 Å². The molecule has 1 aromatic heterocycles. The highest BCUT2D eigenvalue weighted by atomic mass is 16.5. The van der Waals surface area contributed by atoms with E-state index in [1.54, 1.807) is 24.8 Å². The van der Waals surface area contributed by atoms with E-state index in [4.69, 9.17) is 4.74 Å². The molecule has 0 aliphatic carbocycles. The average Bonchev–Trinajstić information content (AvgIpc) is 3.27. The van der Waals surface area contributed by atoms with Gasteiger partial charge in [-0.15, -0.1) is 0 Å². The van der Waals surface area contributed by atoms with E-state index in [0.717, 1.165) is 30.2 Å². The van der Waals surface area contributed by atoms with Crippen molar-refractivity contribution in [2.45, 2.75) is 13.3 Å². The number of hydrogen-bond acceptors (Lipinski definition) is 5. The lowest BCUT2D eigenvalue weighted by Gasteiger charge is -2.35. The van der Waals surface area contributed by atoms with Crippen LogP contribution in [0.5, 0.6) is 5.75 Å². The topological polar surface area (TPSA) is 79.7 Å². The zero-order valence-electron chi connectivity index (χ0n) is 18.3. The maximum absolute atomic E-state index is 13.2. The summed E-state index contributed by atoms with van der Waals surface area (Å²) < 4.78 is 6.83. The summed E-state index contributed by atoms with van der Waals surface area (Å²) in [5.41, 5.74) is 2.20. The number of aromatic nitrogens is 2. The van der Waals surface area contributed by atoms with Crippen LogP contribution >= 0.6 is 0 Å². The Labute approximate surface area is 187 Å². The van der Waals surface area contributed by atoms with Gasteiger partial charge in [0.1, 0.15) is 11.6 Å². The van der Waals surface area contributed by atoms with E-state index < -0.39 is 0 Å². The van der Waals surface area contributed by atoms with Gasteiger partial charge in [0.2, 0.25) is 5.91 Å². The Morgan fingerprint density at radius 1 is 0.969 bits per heavy atom. The van der Waals surface area contributed by atoms with Gasteiger partial charge >= 0.3 is 0 Å². The number of para-hydroxylation sites is 1. The second-order valence-electron chi connectivity index (χ2n) is 7.54. The number of hydrogen-bond donors (Lipinski definition) is 1. The van der Waals surface area contributed by atoms with E-state index >= 15 is 0 Å². The van der Waals surface area contributed by atoms with Crippen molar-refractivity contribution in [3.8, 4) is 11.4 Å². The zero-order chi connectivity index (χ0) is 22.5. The number of nitrogens with zero attached hydrogens (tertiary/aromatic N) is 4. The molecule has 0 saturated carbocycles. The van der Waals surface area contributed by atoms with Crippen LogP contribution in [0.1, 0.15) is 23.8 Å². The predicted molar refractivity (Wildman–Crippen MR) is 124 cm³/mol. The summed E-state index contributed by atoms with van der Waals surface area (Å²) >= 11 is 0. The van der Waals surface area contributed by atoms with Crippen LogP contribution in [0.4, 0.5) is 11.5 Å². The molecule has 0 spiro atoms. The molecule has 2 heterocycles. The second kappa shape index (κ2) is 9.55. The van der Waals surface area contributed by atoms with E-state index in [0.29, 0.717) is 31.0 Å². The number of rotatable bonds is 6. The number of carbonyl (C=O) groups excluding carboxylic acids is 2. The lowest BCUT2D eigenvalue weighted by molar-refractivity contribution is -0.115. The van der Waals surface area contributed by atoms with Crippen molar-refractivity contribution in [2.24, 2.45) is 0 Å². The van der Waals surface area contributed by atoms with Crippen LogP contribution in [0, 0.1) is 0 Å². The first-order chi connectivity index (χ1) is 15.6. The van der Waals surface area contributed by atoms with Crippen LogP contribution in [-0.2, 0) is 4.79 Å². The molecule has 1 fully saturated rings. The summed E-state index contributed by atoms with van der Waals surface area (Å²) in [5, 5.41) is 7.37. The molecule has 2 aromatic carbocycles. The molecular weight excluding hydrogens is 406 g/mol. The number of nitrogens with one attached hydrogen (secondary N) is 1. The van der Waals surface area contributed by atoms with Crippen LogP contribution in [0.25, 0.3) is 5.69 Å². The molecule has 1 aliphatic rings. The molecule has 0 unspecified atom stereocenters. The quantitative estimate of drug-likeness (QED) is 0.646. The Morgan fingerprint density at radius 3 is 2.28 bits per heavy atom. The predicted octanol–water partition coefficient (Wildman–Crippen LogP) is 3.19. The van der Waals surface area contributed by atoms with Crippen LogP contribution in [0.3, 0.4) is 0 Å². The highest BCUT2D eigenvalue weighted by Gasteiger charge is 2.25. The largest absolute Gasteiger partial charge is 0.497 e. The second-order valence-corrected chi connectivity index (χ2v) is 7.54. The first kappa shape index (κ1) is 21.4. The third-order valence-electron chi connectivity index (χ3n) is 5.52. The monoisotopic (exact) mass is 433 g/mol. The molecular formula is C24H27N5O3. The summed E-state index contributed by atoms with van der Waals surface area (Å²) in [5.74, 6) is 1.04. The third-order valence-corrected chi connectivity index (χ3v) is 5.52. The van der Waals surface area contributed by atoms with Gasteiger partial charge in [-0.3, -0.25) is 9.59 Å². The number of ether oxygens (including phenoxy) is 1. The minimum atomic E-state index is -0.138. The first-order valence-corrected chi connectivity index (χ1v) is 10.7. The molecule has 32 heavy (non-hydrogen) atoms. The van der Waals surface area contributed by atoms with Crippen LogP contribution in [-0.4, -0.2) is 59.8 Å². The Balaban J connectivity index is 1.49. The van der Waals surface area contributed by atoms with E-state index in [-0.39, 0.29) is 11.8 Å². The molecule has 8 heteroatoms. The molecule has 0 bridgehead atoms. The molecule has 4 rings (SSSR count). The van der Waals surface area contributed by atoms with Crippen LogP contribution in [0.2, 0.25) is 0 Å². The molecule has 3 aromatic rings. The van der Waals surface area contributed by atoms with Gasteiger partial charge in [0.15, 0.2) is 5.69 Å². The summed E-state index contributed by atoms with van der Waals surface area (Å²) in [6.45, 7) is 4.44. The number of amides is 2. The number of methoxy groups -OCH3 is 1. The molecule has 0 atom stereocenters. The highest BCUT2D eigenvalue weighted by molar-refractivity contribution is 5.95.